The van der Waals surface area contributed by atoms with Gasteiger partial charge in [-0.1, -0.05) is 97.4 Å². The number of hydrogen-bond acceptors (Lipinski definition) is 4. The van der Waals surface area contributed by atoms with Crippen molar-refractivity contribution >= 4 is 39.1 Å². The van der Waals surface area contributed by atoms with Crippen LogP contribution in [0, 0.1) is 6.92 Å². The molecule has 0 aliphatic rings. The standard InChI is InChI=1S/C35H38ClN3O4S/c1-4-27(3)37-35(41)33(23-28-14-8-5-9-15-28)38(24-29-16-10-6-11-17-29)34(40)25-39(32-21-20-30(36)22-26(32)2)44(42,43)31-18-12-7-13-19-31/h5-22,27,33H,4,23-25H2,1-3H3,(H,37,41)/t27-,33-/m0/s1. The molecule has 9 heteroatoms. The monoisotopic (exact) mass is 631 g/mol. The molecule has 0 saturated carbocycles. The second-order valence-corrected chi connectivity index (χ2v) is 13.1. The normalized spacial score (nSPS) is 12.6. The molecule has 0 heterocycles. The molecule has 4 aromatic carbocycles. The Morgan fingerprint density at radius 2 is 1.41 bits per heavy atom. The Morgan fingerprint density at radius 3 is 1.98 bits per heavy atom. The fourth-order valence-corrected chi connectivity index (χ4v) is 6.63. The molecule has 0 aliphatic carbocycles. The lowest BCUT2D eigenvalue weighted by Crippen LogP contribution is -2.54. The summed E-state index contributed by atoms with van der Waals surface area (Å²) in [6.45, 7) is 5.24. The van der Waals surface area contributed by atoms with Crippen LogP contribution in [0.4, 0.5) is 5.69 Å². The topological polar surface area (TPSA) is 86.8 Å². The number of halogens is 1. The highest BCUT2D eigenvalue weighted by Crippen LogP contribution is 2.29. The number of nitrogens with one attached hydrogen (secondary N) is 1. The Kier molecular flexibility index (Phi) is 11.2. The number of hydrogen-bond donors (Lipinski definition) is 1. The summed E-state index contributed by atoms with van der Waals surface area (Å²) >= 11 is 6.22. The van der Waals surface area contributed by atoms with E-state index in [-0.39, 0.29) is 29.8 Å². The van der Waals surface area contributed by atoms with Gasteiger partial charge in [0.25, 0.3) is 10.0 Å². The number of sulfonamides is 1. The molecule has 1 N–H and O–H groups in total. The molecule has 4 rings (SSSR count). The molecule has 0 aliphatic heterocycles. The van der Waals surface area contributed by atoms with Crippen LogP contribution in [0.25, 0.3) is 0 Å². The Balaban J connectivity index is 1.81. The number of amides is 2. The third-order valence-corrected chi connectivity index (χ3v) is 9.51. The summed E-state index contributed by atoms with van der Waals surface area (Å²) in [5.74, 6) is -0.810. The number of benzene rings is 4. The van der Waals surface area contributed by atoms with Crippen molar-refractivity contribution in [2.24, 2.45) is 0 Å². The number of aryl methyl sites for hydroxylation is 1. The number of carbonyl (C=O) groups is 2. The average Bonchev–Trinajstić information content (AvgIpc) is 3.03. The SMILES string of the molecule is CC[C@H](C)NC(=O)[C@H](Cc1ccccc1)N(Cc1ccccc1)C(=O)CN(c1ccc(Cl)cc1C)S(=O)(=O)c1ccccc1. The minimum atomic E-state index is -4.18. The fourth-order valence-electron chi connectivity index (χ4n) is 4.91. The van der Waals surface area contributed by atoms with Crippen molar-refractivity contribution in [2.75, 3.05) is 10.8 Å². The lowest BCUT2D eigenvalue weighted by atomic mass is 10.0. The van der Waals surface area contributed by atoms with Crippen LogP contribution in [0.2, 0.25) is 5.02 Å². The van der Waals surface area contributed by atoms with Gasteiger partial charge in [0, 0.05) is 24.0 Å². The molecular weight excluding hydrogens is 594 g/mol. The molecule has 0 radical (unpaired) electrons. The predicted molar refractivity (Wildman–Crippen MR) is 176 cm³/mol. The second-order valence-electron chi connectivity index (χ2n) is 10.8. The van der Waals surface area contributed by atoms with E-state index in [0.29, 0.717) is 16.3 Å². The van der Waals surface area contributed by atoms with Crippen molar-refractivity contribution in [1.29, 1.82) is 0 Å². The van der Waals surface area contributed by atoms with Crippen molar-refractivity contribution in [3.63, 3.8) is 0 Å². The molecule has 0 fully saturated rings. The van der Waals surface area contributed by atoms with Crippen molar-refractivity contribution in [3.8, 4) is 0 Å². The summed E-state index contributed by atoms with van der Waals surface area (Å²) in [6, 6.07) is 30.7. The summed E-state index contributed by atoms with van der Waals surface area (Å²) in [5.41, 5.74) is 2.62. The molecule has 0 bridgehead atoms. The zero-order valence-corrected chi connectivity index (χ0v) is 26.8. The van der Waals surface area contributed by atoms with Crippen LogP contribution in [-0.4, -0.2) is 43.8 Å². The molecule has 0 saturated heterocycles. The molecular formula is C35H38ClN3O4S. The third kappa shape index (κ3) is 8.27. The lowest BCUT2D eigenvalue weighted by Gasteiger charge is -2.34. The lowest BCUT2D eigenvalue weighted by molar-refractivity contribution is -0.140. The molecule has 2 amide bonds. The van der Waals surface area contributed by atoms with Crippen LogP contribution in [0.15, 0.2) is 114 Å². The highest BCUT2D eigenvalue weighted by atomic mass is 35.5. The average molecular weight is 632 g/mol. The molecule has 230 valence electrons. The van der Waals surface area contributed by atoms with E-state index in [1.54, 1.807) is 43.3 Å². The van der Waals surface area contributed by atoms with Crippen molar-refractivity contribution in [2.45, 2.75) is 57.1 Å². The van der Waals surface area contributed by atoms with Gasteiger partial charge in [0.05, 0.1) is 10.6 Å². The molecule has 7 nitrogen and oxygen atoms in total. The summed E-state index contributed by atoms with van der Waals surface area (Å²) in [6.07, 6.45) is 0.975. The largest absolute Gasteiger partial charge is 0.352 e. The second kappa shape index (κ2) is 15.0. The molecule has 44 heavy (non-hydrogen) atoms. The van der Waals surface area contributed by atoms with Gasteiger partial charge in [0.15, 0.2) is 0 Å². The van der Waals surface area contributed by atoms with Gasteiger partial charge in [-0.25, -0.2) is 8.42 Å². The van der Waals surface area contributed by atoms with E-state index in [2.05, 4.69) is 5.32 Å². The van der Waals surface area contributed by atoms with Crippen LogP contribution < -0.4 is 9.62 Å². The fraction of sp³-hybridized carbons (Fsp3) is 0.257. The first-order valence-corrected chi connectivity index (χ1v) is 16.4. The van der Waals surface area contributed by atoms with Crippen LogP contribution in [-0.2, 0) is 32.6 Å². The molecule has 0 spiro atoms. The maximum Gasteiger partial charge on any atom is 0.264 e. The first kappa shape index (κ1) is 32.8. The first-order valence-electron chi connectivity index (χ1n) is 14.6. The van der Waals surface area contributed by atoms with E-state index in [1.165, 1.54) is 17.0 Å². The van der Waals surface area contributed by atoms with Gasteiger partial charge in [-0.15, -0.1) is 0 Å². The Morgan fingerprint density at radius 1 is 0.841 bits per heavy atom. The van der Waals surface area contributed by atoms with Crippen molar-refractivity contribution in [3.05, 3.63) is 131 Å². The zero-order valence-electron chi connectivity index (χ0n) is 25.2. The van der Waals surface area contributed by atoms with Crippen molar-refractivity contribution in [1.82, 2.24) is 10.2 Å². The smallest absolute Gasteiger partial charge is 0.264 e. The van der Waals surface area contributed by atoms with Gasteiger partial charge < -0.3 is 10.2 Å². The molecule has 0 aromatic heterocycles. The maximum absolute atomic E-state index is 14.5. The summed E-state index contributed by atoms with van der Waals surface area (Å²) in [4.78, 5) is 29.9. The van der Waals surface area contributed by atoms with Crippen LogP contribution in [0.1, 0.15) is 37.0 Å². The molecule has 0 unspecified atom stereocenters. The number of nitrogens with zero attached hydrogens (tertiary/aromatic N) is 2. The summed E-state index contributed by atoms with van der Waals surface area (Å²) < 4.78 is 29.3. The van der Waals surface area contributed by atoms with Gasteiger partial charge in [0.1, 0.15) is 12.6 Å². The van der Waals surface area contributed by atoms with Gasteiger partial charge in [-0.05, 0) is 67.3 Å². The minimum absolute atomic E-state index is 0.0482. The number of rotatable bonds is 13. The highest BCUT2D eigenvalue weighted by molar-refractivity contribution is 7.92. The van der Waals surface area contributed by atoms with Gasteiger partial charge >= 0.3 is 0 Å². The van der Waals surface area contributed by atoms with E-state index in [1.807, 2.05) is 74.5 Å². The van der Waals surface area contributed by atoms with Crippen LogP contribution in [0.3, 0.4) is 0 Å². The number of anilines is 1. The van der Waals surface area contributed by atoms with E-state index in [4.69, 9.17) is 11.6 Å². The van der Waals surface area contributed by atoms with Crippen LogP contribution >= 0.6 is 11.6 Å². The Hall–Kier alpha value is -4.14. The molecule has 4 aromatic rings. The van der Waals surface area contributed by atoms with Gasteiger partial charge in [-0.3, -0.25) is 13.9 Å². The summed E-state index contributed by atoms with van der Waals surface area (Å²) in [7, 11) is -4.18. The Labute approximate surface area is 265 Å². The Bertz CT molecular complexity index is 1650. The van der Waals surface area contributed by atoms with E-state index in [0.717, 1.165) is 21.9 Å². The van der Waals surface area contributed by atoms with E-state index < -0.39 is 28.5 Å². The van der Waals surface area contributed by atoms with E-state index >= 15 is 0 Å². The quantitative estimate of drug-likeness (QED) is 0.185. The van der Waals surface area contributed by atoms with E-state index in [9.17, 15) is 18.0 Å². The van der Waals surface area contributed by atoms with Gasteiger partial charge in [-0.2, -0.15) is 0 Å². The maximum atomic E-state index is 14.5. The zero-order chi connectivity index (χ0) is 31.7. The van der Waals surface area contributed by atoms with Gasteiger partial charge in [0.2, 0.25) is 11.8 Å². The predicted octanol–water partition coefficient (Wildman–Crippen LogP) is 6.40. The third-order valence-electron chi connectivity index (χ3n) is 7.51. The van der Waals surface area contributed by atoms with Crippen molar-refractivity contribution < 1.29 is 18.0 Å². The summed E-state index contributed by atoms with van der Waals surface area (Å²) in [5, 5.41) is 3.50. The van der Waals surface area contributed by atoms with Crippen LogP contribution in [0.5, 0.6) is 0 Å². The minimum Gasteiger partial charge on any atom is -0.352 e. The number of carbonyl (C=O) groups excluding carboxylic acids is 2. The highest BCUT2D eigenvalue weighted by Gasteiger charge is 2.35. The first-order chi connectivity index (χ1) is 21.1. The molecule has 2 atom stereocenters.